The highest BCUT2D eigenvalue weighted by Gasteiger charge is 2.44. The molecule has 3 rings (SSSR count). The van der Waals surface area contributed by atoms with Gasteiger partial charge in [-0.25, -0.2) is 8.78 Å². The first-order valence-corrected chi connectivity index (χ1v) is 8.77. The van der Waals surface area contributed by atoms with Gasteiger partial charge in [-0.2, -0.15) is 13.2 Å². The zero-order chi connectivity index (χ0) is 21.3. The van der Waals surface area contributed by atoms with E-state index in [2.05, 4.69) is 5.32 Å². The van der Waals surface area contributed by atoms with Gasteiger partial charge in [0.25, 0.3) is 0 Å². The van der Waals surface area contributed by atoms with E-state index in [1.807, 2.05) is 0 Å². The fourth-order valence-corrected chi connectivity index (χ4v) is 3.54. The lowest BCUT2D eigenvalue weighted by molar-refractivity contribution is -0.145. The second kappa shape index (κ2) is 7.81. The molecule has 2 aromatic rings. The zero-order valence-electron chi connectivity index (χ0n) is 15.3. The van der Waals surface area contributed by atoms with Crippen LogP contribution in [0.5, 0.6) is 0 Å². The number of likely N-dealkylation sites (tertiary alicyclic amines) is 1. The molecule has 2 amide bonds. The molecule has 1 fully saturated rings. The smallest absolute Gasteiger partial charge is 0.345 e. The van der Waals surface area contributed by atoms with E-state index in [9.17, 15) is 31.5 Å². The summed E-state index contributed by atoms with van der Waals surface area (Å²) in [6.45, 7) is 0.161. The molecule has 9 heteroatoms. The van der Waals surface area contributed by atoms with Crippen LogP contribution in [0.15, 0.2) is 42.5 Å². The number of nitrogens with zero attached hydrogens (tertiary/aromatic N) is 1. The molecule has 1 aliphatic rings. The molecule has 2 atom stereocenters. The molecule has 29 heavy (non-hydrogen) atoms. The first kappa shape index (κ1) is 20.8. The van der Waals surface area contributed by atoms with Gasteiger partial charge in [0.1, 0.15) is 5.92 Å². The number of carbonyl (C=O) groups is 2. The number of carbonyl (C=O) groups excluding carboxylic acids is 2. The maximum absolute atomic E-state index is 13.9. The fourth-order valence-electron chi connectivity index (χ4n) is 3.54. The van der Waals surface area contributed by atoms with Crippen molar-refractivity contribution in [2.75, 3.05) is 18.9 Å². The van der Waals surface area contributed by atoms with E-state index in [1.54, 1.807) is 0 Å². The van der Waals surface area contributed by atoms with Gasteiger partial charge in [0.15, 0.2) is 11.6 Å². The van der Waals surface area contributed by atoms with Crippen LogP contribution >= 0.6 is 0 Å². The standard InChI is InChI=1S/C20H17F5N2O2/c1-27-10-9-12(11-5-2-3-6-13(11)20(23,24)25)16(19(27)29)18(28)26-15-8-4-7-14(21)17(15)22/h2-8,12,16H,9-10H2,1H3,(H,26,28)/t12-,16+/m1/s1. The number of piperidine rings is 1. The lowest BCUT2D eigenvalue weighted by atomic mass is 9.77. The van der Waals surface area contributed by atoms with Crippen molar-refractivity contribution in [3.8, 4) is 0 Å². The molecule has 1 saturated heterocycles. The number of rotatable bonds is 3. The van der Waals surface area contributed by atoms with E-state index < -0.39 is 52.7 Å². The van der Waals surface area contributed by atoms with E-state index in [-0.39, 0.29) is 18.5 Å². The van der Waals surface area contributed by atoms with Gasteiger partial charge < -0.3 is 10.2 Å². The van der Waals surface area contributed by atoms with Crippen LogP contribution in [0.4, 0.5) is 27.6 Å². The molecular weight excluding hydrogens is 395 g/mol. The molecule has 1 aliphatic heterocycles. The molecule has 0 aromatic heterocycles. The third kappa shape index (κ3) is 4.08. The Bertz CT molecular complexity index is 945. The van der Waals surface area contributed by atoms with Crippen LogP contribution in [0.3, 0.4) is 0 Å². The highest BCUT2D eigenvalue weighted by Crippen LogP contribution is 2.41. The van der Waals surface area contributed by atoms with Crippen LogP contribution < -0.4 is 5.32 Å². The van der Waals surface area contributed by atoms with Gasteiger partial charge in [-0.15, -0.1) is 0 Å². The van der Waals surface area contributed by atoms with E-state index in [0.717, 1.165) is 18.2 Å². The van der Waals surface area contributed by atoms with Gasteiger partial charge in [-0.3, -0.25) is 9.59 Å². The van der Waals surface area contributed by atoms with Gasteiger partial charge in [0.05, 0.1) is 11.3 Å². The number of anilines is 1. The number of hydrogen-bond acceptors (Lipinski definition) is 2. The molecule has 1 N–H and O–H groups in total. The average Bonchev–Trinajstić information content (AvgIpc) is 2.66. The van der Waals surface area contributed by atoms with Gasteiger partial charge >= 0.3 is 6.18 Å². The van der Waals surface area contributed by atoms with Gasteiger partial charge in [-0.1, -0.05) is 24.3 Å². The van der Waals surface area contributed by atoms with Gasteiger partial charge in [-0.05, 0) is 30.2 Å². The van der Waals surface area contributed by atoms with Gasteiger partial charge in [0, 0.05) is 19.5 Å². The summed E-state index contributed by atoms with van der Waals surface area (Å²) in [5.74, 6) is -6.77. The lowest BCUT2D eigenvalue weighted by Gasteiger charge is -2.36. The Labute approximate surface area is 163 Å². The lowest BCUT2D eigenvalue weighted by Crippen LogP contribution is -2.48. The van der Waals surface area contributed by atoms with Crippen LogP contribution in [0, 0.1) is 17.6 Å². The highest BCUT2D eigenvalue weighted by molar-refractivity contribution is 6.07. The number of alkyl halides is 3. The second-order valence-electron chi connectivity index (χ2n) is 6.81. The summed E-state index contributed by atoms with van der Waals surface area (Å²) in [5, 5.41) is 2.15. The Morgan fingerprint density at radius 2 is 1.79 bits per heavy atom. The third-order valence-electron chi connectivity index (χ3n) is 4.98. The maximum Gasteiger partial charge on any atom is 0.416 e. The van der Waals surface area contributed by atoms with Crippen molar-refractivity contribution >= 4 is 17.5 Å². The SMILES string of the molecule is CN1CC[C@H](c2ccccc2C(F)(F)F)[C@@H](C(=O)Nc2cccc(F)c2F)C1=O. The second-order valence-corrected chi connectivity index (χ2v) is 6.81. The van der Waals surface area contributed by atoms with Crippen molar-refractivity contribution in [3.63, 3.8) is 0 Å². The average molecular weight is 412 g/mol. The number of benzene rings is 2. The minimum Gasteiger partial charge on any atom is -0.345 e. The molecular formula is C20H17F5N2O2. The van der Waals surface area contributed by atoms with Crippen molar-refractivity contribution in [3.05, 3.63) is 65.2 Å². The molecule has 0 saturated carbocycles. The summed E-state index contributed by atoms with van der Waals surface area (Å²) in [5.41, 5.74) is -1.60. The molecule has 0 unspecified atom stereocenters. The molecule has 0 aliphatic carbocycles. The third-order valence-corrected chi connectivity index (χ3v) is 4.98. The monoisotopic (exact) mass is 412 g/mol. The number of amides is 2. The predicted molar refractivity (Wildman–Crippen MR) is 94.9 cm³/mol. The van der Waals surface area contributed by atoms with Crippen molar-refractivity contribution in [2.24, 2.45) is 5.92 Å². The highest BCUT2D eigenvalue weighted by atomic mass is 19.4. The Hall–Kier alpha value is -2.97. The number of nitrogens with one attached hydrogen (secondary N) is 1. The number of halogens is 5. The minimum absolute atomic E-state index is 0.110. The van der Waals surface area contributed by atoms with Crippen molar-refractivity contribution in [2.45, 2.75) is 18.5 Å². The quantitative estimate of drug-likeness (QED) is 0.607. The molecule has 4 nitrogen and oxygen atoms in total. The van der Waals surface area contributed by atoms with Gasteiger partial charge in [0.2, 0.25) is 11.8 Å². The van der Waals surface area contributed by atoms with Crippen LogP contribution in [-0.2, 0) is 15.8 Å². The topological polar surface area (TPSA) is 49.4 Å². The van der Waals surface area contributed by atoms with Crippen molar-refractivity contribution < 1.29 is 31.5 Å². The molecule has 2 aromatic carbocycles. The van der Waals surface area contributed by atoms with Crippen LogP contribution in [0.2, 0.25) is 0 Å². The first-order chi connectivity index (χ1) is 13.6. The van der Waals surface area contributed by atoms with E-state index in [1.165, 1.54) is 36.2 Å². The first-order valence-electron chi connectivity index (χ1n) is 8.77. The van der Waals surface area contributed by atoms with E-state index in [4.69, 9.17) is 0 Å². The molecule has 154 valence electrons. The summed E-state index contributed by atoms with van der Waals surface area (Å²) in [7, 11) is 1.43. The Balaban J connectivity index is 2.01. The summed E-state index contributed by atoms with van der Waals surface area (Å²) in [4.78, 5) is 26.7. The zero-order valence-corrected chi connectivity index (χ0v) is 15.3. The van der Waals surface area contributed by atoms with E-state index in [0.29, 0.717) is 0 Å². The largest absolute Gasteiger partial charge is 0.416 e. The van der Waals surface area contributed by atoms with Crippen molar-refractivity contribution in [1.29, 1.82) is 0 Å². The minimum atomic E-state index is -4.67. The molecule has 0 radical (unpaired) electrons. The molecule has 1 heterocycles. The molecule has 0 bridgehead atoms. The summed E-state index contributed by atoms with van der Waals surface area (Å²) >= 11 is 0. The maximum atomic E-state index is 13.9. The van der Waals surface area contributed by atoms with Crippen LogP contribution in [-0.4, -0.2) is 30.3 Å². The number of hydrogen-bond donors (Lipinski definition) is 1. The van der Waals surface area contributed by atoms with E-state index >= 15 is 0 Å². The van der Waals surface area contributed by atoms with Crippen LogP contribution in [0.25, 0.3) is 0 Å². The Morgan fingerprint density at radius 1 is 1.10 bits per heavy atom. The predicted octanol–water partition coefficient (Wildman–Crippen LogP) is 4.18. The Kier molecular flexibility index (Phi) is 5.59. The van der Waals surface area contributed by atoms with Crippen LogP contribution in [0.1, 0.15) is 23.5 Å². The Morgan fingerprint density at radius 3 is 2.48 bits per heavy atom. The fraction of sp³-hybridized carbons (Fsp3) is 0.300. The normalized spacial score (nSPS) is 19.9. The summed E-state index contributed by atoms with van der Waals surface area (Å²) in [6, 6.07) is 7.86. The summed E-state index contributed by atoms with van der Waals surface area (Å²) < 4.78 is 67.7. The summed E-state index contributed by atoms with van der Waals surface area (Å²) in [6.07, 6.45) is -4.56. The van der Waals surface area contributed by atoms with Crippen molar-refractivity contribution in [1.82, 2.24) is 4.90 Å². The molecule has 0 spiro atoms.